The first-order chi connectivity index (χ1) is 7.84. The van der Waals surface area contributed by atoms with Gasteiger partial charge in [-0.05, 0) is 19.3 Å². The number of hydrogen-bond donors (Lipinski definition) is 1. The SMILES string of the molecule is NC(CSC1CCCCC1)Cc1cncs1. The molecular weight excluding hydrogens is 236 g/mol. The van der Waals surface area contributed by atoms with E-state index in [0.29, 0.717) is 6.04 Å². The predicted molar refractivity (Wildman–Crippen MR) is 73.1 cm³/mol. The number of nitrogens with zero attached hydrogens (tertiary/aromatic N) is 1. The molecule has 0 radical (unpaired) electrons. The quantitative estimate of drug-likeness (QED) is 0.880. The molecule has 1 aliphatic rings. The maximum atomic E-state index is 6.14. The van der Waals surface area contributed by atoms with E-state index in [0.717, 1.165) is 17.4 Å². The summed E-state index contributed by atoms with van der Waals surface area (Å²) >= 11 is 3.80. The van der Waals surface area contributed by atoms with E-state index < -0.39 is 0 Å². The lowest BCUT2D eigenvalue weighted by atomic mass is 10.0. The van der Waals surface area contributed by atoms with E-state index in [9.17, 15) is 0 Å². The van der Waals surface area contributed by atoms with Gasteiger partial charge < -0.3 is 5.73 Å². The van der Waals surface area contributed by atoms with Gasteiger partial charge in [0.1, 0.15) is 0 Å². The second-order valence-electron chi connectivity index (χ2n) is 4.53. The van der Waals surface area contributed by atoms with E-state index in [1.807, 2.05) is 11.7 Å². The Morgan fingerprint density at radius 3 is 2.94 bits per heavy atom. The Bertz CT molecular complexity index is 281. The van der Waals surface area contributed by atoms with Gasteiger partial charge >= 0.3 is 0 Å². The minimum atomic E-state index is 0.298. The molecule has 0 bridgehead atoms. The lowest BCUT2D eigenvalue weighted by molar-refractivity contribution is 0.515. The van der Waals surface area contributed by atoms with Crippen LogP contribution < -0.4 is 5.73 Å². The molecular formula is C12H20N2S2. The Labute approximate surface area is 106 Å². The Balaban J connectivity index is 1.65. The lowest BCUT2D eigenvalue weighted by Gasteiger charge is -2.22. The minimum absolute atomic E-state index is 0.298. The molecule has 1 heterocycles. The molecule has 1 aromatic rings. The maximum absolute atomic E-state index is 6.14. The van der Waals surface area contributed by atoms with Gasteiger partial charge in [0.25, 0.3) is 0 Å². The lowest BCUT2D eigenvalue weighted by Crippen LogP contribution is -2.26. The summed E-state index contributed by atoms with van der Waals surface area (Å²) in [5.41, 5.74) is 8.03. The molecule has 2 N–H and O–H groups in total. The Kier molecular flexibility index (Phi) is 5.13. The zero-order valence-corrected chi connectivity index (χ0v) is 11.2. The molecule has 90 valence electrons. The van der Waals surface area contributed by atoms with E-state index in [4.69, 9.17) is 5.73 Å². The van der Waals surface area contributed by atoms with Crippen molar-refractivity contribution < 1.29 is 0 Å². The fourth-order valence-corrected chi connectivity index (χ4v) is 4.14. The van der Waals surface area contributed by atoms with Crippen LogP contribution in [-0.4, -0.2) is 22.0 Å². The first kappa shape index (κ1) is 12.4. The molecule has 2 nitrogen and oxygen atoms in total. The standard InChI is InChI=1S/C12H20N2S2/c13-10(6-12-7-14-9-16-12)8-15-11-4-2-1-3-5-11/h7,9-11H,1-6,8,13H2. The van der Waals surface area contributed by atoms with Crippen LogP contribution in [0.3, 0.4) is 0 Å². The van der Waals surface area contributed by atoms with E-state index in [1.54, 1.807) is 11.3 Å². The molecule has 1 aliphatic carbocycles. The van der Waals surface area contributed by atoms with E-state index in [-0.39, 0.29) is 0 Å². The summed E-state index contributed by atoms with van der Waals surface area (Å²) in [6, 6.07) is 0.298. The van der Waals surface area contributed by atoms with Crippen LogP contribution in [0.4, 0.5) is 0 Å². The van der Waals surface area contributed by atoms with Crippen LogP contribution in [0.25, 0.3) is 0 Å². The summed E-state index contributed by atoms with van der Waals surface area (Å²) in [7, 11) is 0. The summed E-state index contributed by atoms with van der Waals surface area (Å²) in [6.07, 6.45) is 10.0. The van der Waals surface area contributed by atoms with Crippen molar-refractivity contribution in [2.24, 2.45) is 5.73 Å². The highest BCUT2D eigenvalue weighted by Crippen LogP contribution is 2.28. The highest BCUT2D eigenvalue weighted by molar-refractivity contribution is 7.99. The third kappa shape index (κ3) is 4.07. The third-order valence-corrected chi connectivity index (χ3v) is 5.41. The van der Waals surface area contributed by atoms with Gasteiger partial charge in [-0.2, -0.15) is 11.8 Å². The van der Waals surface area contributed by atoms with Crippen molar-refractivity contribution in [3.63, 3.8) is 0 Å². The van der Waals surface area contributed by atoms with Crippen molar-refractivity contribution >= 4 is 23.1 Å². The monoisotopic (exact) mass is 256 g/mol. The smallest absolute Gasteiger partial charge is 0.0794 e. The fraction of sp³-hybridized carbons (Fsp3) is 0.750. The summed E-state index contributed by atoms with van der Waals surface area (Å²) in [4.78, 5) is 5.40. The molecule has 0 amide bonds. The first-order valence-electron chi connectivity index (χ1n) is 6.09. The first-order valence-corrected chi connectivity index (χ1v) is 8.02. The molecule has 1 atom stereocenters. The van der Waals surface area contributed by atoms with Crippen molar-refractivity contribution in [2.45, 2.75) is 49.8 Å². The van der Waals surface area contributed by atoms with Gasteiger partial charge in [-0.15, -0.1) is 11.3 Å². The minimum Gasteiger partial charge on any atom is -0.327 e. The average Bonchev–Trinajstić information content (AvgIpc) is 2.81. The van der Waals surface area contributed by atoms with Gasteiger partial charge in [0.05, 0.1) is 5.51 Å². The van der Waals surface area contributed by atoms with Crippen LogP contribution in [0.2, 0.25) is 0 Å². The zero-order valence-electron chi connectivity index (χ0n) is 9.60. The Hall–Kier alpha value is -0.0600. The molecule has 1 saturated carbocycles. The predicted octanol–water partition coefficient (Wildman–Crippen LogP) is 3.08. The third-order valence-electron chi connectivity index (χ3n) is 3.05. The van der Waals surface area contributed by atoms with Gasteiger partial charge in [0, 0.05) is 28.1 Å². The molecule has 0 spiro atoms. The summed E-state index contributed by atoms with van der Waals surface area (Å²) < 4.78 is 0. The van der Waals surface area contributed by atoms with E-state index in [1.165, 1.54) is 37.0 Å². The van der Waals surface area contributed by atoms with E-state index in [2.05, 4.69) is 16.7 Å². The van der Waals surface area contributed by atoms with Gasteiger partial charge in [0.2, 0.25) is 0 Å². The van der Waals surface area contributed by atoms with Crippen LogP contribution in [0, 0.1) is 0 Å². The largest absolute Gasteiger partial charge is 0.327 e. The van der Waals surface area contributed by atoms with Crippen LogP contribution in [0.5, 0.6) is 0 Å². The molecule has 0 saturated heterocycles. The summed E-state index contributed by atoms with van der Waals surface area (Å²) in [5.74, 6) is 1.10. The molecule has 1 unspecified atom stereocenters. The van der Waals surface area contributed by atoms with Crippen molar-refractivity contribution in [3.8, 4) is 0 Å². The van der Waals surface area contributed by atoms with Gasteiger partial charge in [0.15, 0.2) is 0 Å². The highest BCUT2D eigenvalue weighted by atomic mass is 32.2. The molecule has 4 heteroatoms. The van der Waals surface area contributed by atoms with E-state index >= 15 is 0 Å². The fourth-order valence-electron chi connectivity index (χ4n) is 2.15. The van der Waals surface area contributed by atoms with Crippen molar-refractivity contribution in [1.82, 2.24) is 4.98 Å². The molecule has 1 aromatic heterocycles. The number of thioether (sulfide) groups is 1. The van der Waals surface area contributed by atoms with Crippen LogP contribution in [0.15, 0.2) is 11.7 Å². The zero-order chi connectivity index (χ0) is 11.2. The molecule has 1 fully saturated rings. The Morgan fingerprint density at radius 2 is 2.25 bits per heavy atom. The molecule has 0 aliphatic heterocycles. The summed E-state index contributed by atoms with van der Waals surface area (Å²) in [5, 5.41) is 0.876. The van der Waals surface area contributed by atoms with Crippen LogP contribution in [0.1, 0.15) is 37.0 Å². The topological polar surface area (TPSA) is 38.9 Å². The van der Waals surface area contributed by atoms with Crippen molar-refractivity contribution in [2.75, 3.05) is 5.75 Å². The average molecular weight is 256 g/mol. The second-order valence-corrected chi connectivity index (χ2v) is 6.83. The van der Waals surface area contributed by atoms with Crippen molar-refractivity contribution in [3.05, 3.63) is 16.6 Å². The maximum Gasteiger partial charge on any atom is 0.0794 e. The van der Waals surface area contributed by atoms with Crippen LogP contribution in [-0.2, 0) is 6.42 Å². The summed E-state index contributed by atoms with van der Waals surface area (Å²) in [6.45, 7) is 0. The van der Waals surface area contributed by atoms with Gasteiger partial charge in [-0.25, -0.2) is 0 Å². The number of thiazole rings is 1. The van der Waals surface area contributed by atoms with Crippen molar-refractivity contribution in [1.29, 1.82) is 0 Å². The number of nitrogens with two attached hydrogens (primary N) is 1. The second kappa shape index (κ2) is 6.62. The van der Waals surface area contributed by atoms with Gasteiger partial charge in [-0.1, -0.05) is 19.3 Å². The molecule has 16 heavy (non-hydrogen) atoms. The Morgan fingerprint density at radius 1 is 1.44 bits per heavy atom. The van der Waals surface area contributed by atoms with Crippen LogP contribution >= 0.6 is 23.1 Å². The normalized spacial score (nSPS) is 19.8. The highest BCUT2D eigenvalue weighted by Gasteiger charge is 2.15. The molecule has 0 aromatic carbocycles. The van der Waals surface area contributed by atoms with Gasteiger partial charge in [-0.3, -0.25) is 4.98 Å². The number of rotatable bonds is 5. The number of hydrogen-bond acceptors (Lipinski definition) is 4. The number of aromatic nitrogens is 1. The molecule has 2 rings (SSSR count).